The molecule has 0 saturated carbocycles. The Morgan fingerprint density at radius 1 is 1.06 bits per heavy atom. The molecule has 1 aromatic rings. The van der Waals surface area contributed by atoms with E-state index in [1.807, 2.05) is 24.3 Å². The average molecular weight is 221 g/mol. The molecule has 0 radical (unpaired) electrons. The summed E-state index contributed by atoms with van der Waals surface area (Å²) in [5.74, 6) is 0.529. The molecule has 0 fully saturated rings. The minimum atomic E-state index is -0.0664. The van der Waals surface area contributed by atoms with Crippen molar-refractivity contribution in [1.82, 2.24) is 4.98 Å². The van der Waals surface area contributed by atoms with E-state index in [-0.39, 0.29) is 35.0 Å². The zero-order chi connectivity index (χ0) is 10.3. The van der Waals surface area contributed by atoms with E-state index in [4.69, 9.17) is 4.42 Å². The molecular formula is C12H8NNaO2. The zero-order valence-electron chi connectivity index (χ0n) is 7.81. The summed E-state index contributed by atoms with van der Waals surface area (Å²) in [4.78, 5) is 15.5. The number of benzene rings is 2. The fourth-order valence-electron chi connectivity index (χ4n) is 1.55. The molecule has 1 aromatic carbocycles. The number of aromatic nitrogens is 1. The van der Waals surface area contributed by atoms with Gasteiger partial charge in [0, 0.05) is 6.07 Å². The van der Waals surface area contributed by atoms with Crippen LogP contribution in [-0.4, -0.2) is 34.5 Å². The summed E-state index contributed by atoms with van der Waals surface area (Å²) in [5.41, 5.74) is 2.12. The van der Waals surface area contributed by atoms with E-state index in [9.17, 15) is 4.79 Å². The molecule has 0 spiro atoms. The van der Waals surface area contributed by atoms with E-state index in [1.54, 1.807) is 6.07 Å². The van der Waals surface area contributed by atoms with E-state index in [0.29, 0.717) is 17.0 Å². The SMILES string of the molecule is O=c1ccc2nc3ccccc3oc-2c1.[NaH]. The Balaban J connectivity index is 0.000000963. The van der Waals surface area contributed by atoms with Crippen LogP contribution < -0.4 is 5.43 Å². The number of hydrogen-bond acceptors (Lipinski definition) is 3. The van der Waals surface area contributed by atoms with Crippen molar-refractivity contribution in [2.45, 2.75) is 0 Å². The Morgan fingerprint density at radius 3 is 2.75 bits per heavy atom. The molecule has 0 atom stereocenters. The van der Waals surface area contributed by atoms with E-state index < -0.39 is 0 Å². The van der Waals surface area contributed by atoms with Crippen LogP contribution in [0.3, 0.4) is 0 Å². The van der Waals surface area contributed by atoms with Gasteiger partial charge in [0.25, 0.3) is 0 Å². The number of hydrogen-bond donors (Lipinski definition) is 0. The van der Waals surface area contributed by atoms with E-state index in [2.05, 4.69) is 4.98 Å². The quantitative estimate of drug-likeness (QED) is 0.428. The predicted octanol–water partition coefficient (Wildman–Crippen LogP) is 1.64. The Kier molecular flexibility index (Phi) is 3.10. The summed E-state index contributed by atoms with van der Waals surface area (Å²) < 4.78 is 5.56. The van der Waals surface area contributed by atoms with Crippen LogP contribution in [0, 0.1) is 0 Å². The van der Waals surface area contributed by atoms with Crippen LogP contribution in [-0.2, 0) is 0 Å². The normalized spacial score (nSPS) is 10.2. The molecule has 0 N–H and O–H groups in total. The summed E-state index contributed by atoms with van der Waals surface area (Å²) in [6, 6.07) is 12.1. The zero-order valence-corrected chi connectivity index (χ0v) is 7.81. The third kappa shape index (κ3) is 1.89. The average Bonchev–Trinajstić information content (AvgIpc) is 2.26. The summed E-state index contributed by atoms with van der Waals surface area (Å²) in [6.45, 7) is 0. The Labute approximate surface area is 114 Å². The second kappa shape index (κ2) is 4.37. The molecule has 3 rings (SSSR count). The first kappa shape index (κ1) is 11.3. The van der Waals surface area contributed by atoms with Gasteiger partial charge in [0.1, 0.15) is 11.2 Å². The molecule has 2 aliphatic rings. The van der Waals surface area contributed by atoms with Gasteiger partial charge in [-0.25, -0.2) is 4.98 Å². The Hall–Kier alpha value is -1.16. The molecule has 16 heavy (non-hydrogen) atoms. The molecule has 0 unspecified atom stereocenters. The molecule has 0 saturated heterocycles. The number of fused-ring (bicyclic) bond motifs is 2. The fraction of sp³-hybridized carbons (Fsp3) is 0. The minimum absolute atomic E-state index is 0. The van der Waals surface area contributed by atoms with Crippen molar-refractivity contribution in [2.24, 2.45) is 0 Å². The van der Waals surface area contributed by atoms with E-state index in [0.717, 1.165) is 5.52 Å². The van der Waals surface area contributed by atoms with Gasteiger partial charge in [0.15, 0.2) is 16.8 Å². The Morgan fingerprint density at radius 2 is 1.88 bits per heavy atom. The van der Waals surface area contributed by atoms with Crippen LogP contribution in [0.25, 0.3) is 22.6 Å². The van der Waals surface area contributed by atoms with Crippen molar-refractivity contribution in [3.8, 4) is 11.5 Å². The maximum absolute atomic E-state index is 11.1. The number of para-hydroxylation sites is 2. The van der Waals surface area contributed by atoms with Crippen molar-refractivity contribution >= 4 is 40.7 Å². The van der Waals surface area contributed by atoms with Gasteiger partial charge in [-0.3, -0.25) is 4.79 Å². The third-order valence-electron chi connectivity index (χ3n) is 2.26. The maximum atomic E-state index is 11.1. The van der Waals surface area contributed by atoms with E-state index in [1.165, 1.54) is 12.1 Å². The van der Waals surface area contributed by atoms with Gasteiger partial charge in [-0.1, -0.05) is 12.1 Å². The molecule has 1 heterocycles. The standard InChI is InChI=1S/C12H7NO2.Na.H/c14-8-5-6-10-12(7-8)15-11-4-2-1-3-9(11)13-10;;/h1-7H;;. The second-order valence-corrected chi connectivity index (χ2v) is 3.31. The molecule has 0 bridgehead atoms. The molecule has 1 aliphatic heterocycles. The molecule has 74 valence electrons. The topological polar surface area (TPSA) is 43.1 Å². The van der Waals surface area contributed by atoms with Crippen LogP contribution in [0.1, 0.15) is 0 Å². The second-order valence-electron chi connectivity index (χ2n) is 3.31. The first-order chi connectivity index (χ1) is 7.33. The fourth-order valence-corrected chi connectivity index (χ4v) is 1.55. The van der Waals surface area contributed by atoms with Crippen LogP contribution in [0.5, 0.6) is 0 Å². The van der Waals surface area contributed by atoms with Crippen molar-refractivity contribution in [3.63, 3.8) is 0 Å². The summed E-state index contributed by atoms with van der Waals surface area (Å²) >= 11 is 0. The first-order valence-electron chi connectivity index (χ1n) is 4.62. The van der Waals surface area contributed by atoms with E-state index >= 15 is 0 Å². The summed E-state index contributed by atoms with van der Waals surface area (Å²) in [6.07, 6.45) is 0. The molecule has 1 aliphatic carbocycles. The third-order valence-corrected chi connectivity index (χ3v) is 2.26. The van der Waals surface area contributed by atoms with Gasteiger partial charge in [-0.05, 0) is 24.3 Å². The van der Waals surface area contributed by atoms with Gasteiger partial charge in [0.05, 0.1) is 0 Å². The molecule has 0 amide bonds. The van der Waals surface area contributed by atoms with Crippen LogP contribution in [0.15, 0.2) is 51.7 Å². The van der Waals surface area contributed by atoms with Crippen molar-refractivity contribution in [3.05, 3.63) is 52.7 Å². The first-order valence-corrected chi connectivity index (χ1v) is 4.62. The molecule has 0 aromatic heterocycles. The van der Waals surface area contributed by atoms with Gasteiger partial charge in [-0.15, -0.1) is 0 Å². The van der Waals surface area contributed by atoms with Gasteiger partial charge in [0.2, 0.25) is 0 Å². The van der Waals surface area contributed by atoms with Crippen LogP contribution >= 0.6 is 0 Å². The summed E-state index contributed by atoms with van der Waals surface area (Å²) in [7, 11) is 0. The van der Waals surface area contributed by atoms with Gasteiger partial charge >= 0.3 is 29.6 Å². The van der Waals surface area contributed by atoms with Crippen molar-refractivity contribution < 1.29 is 4.42 Å². The van der Waals surface area contributed by atoms with Crippen molar-refractivity contribution in [1.29, 1.82) is 0 Å². The van der Waals surface area contributed by atoms with Crippen LogP contribution in [0.4, 0.5) is 0 Å². The molecular weight excluding hydrogens is 213 g/mol. The molecule has 4 heteroatoms. The van der Waals surface area contributed by atoms with Crippen LogP contribution in [0.2, 0.25) is 0 Å². The molecule has 3 nitrogen and oxygen atoms in total. The summed E-state index contributed by atoms with van der Waals surface area (Å²) in [5, 5.41) is 0. The van der Waals surface area contributed by atoms with Gasteiger partial charge < -0.3 is 4.42 Å². The number of rotatable bonds is 0. The van der Waals surface area contributed by atoms with Gasteiger partial charge in [-0.2, -0.15) is 0 Å². The monoisotopic (exact) mass is 221 g/mol. The number of nitrogens with zero attached hydrogens (tertiary/aromatic N) is 1. The van der Waals surface area contributed by atoms with Crippen molar-refractivity contribution in [2.75, 3.05) is 0 Å². The predicted molar refractivity (Wildman–Crippen MR) is 64.1 cm³/mol. The Bertz CT molecular complexity index is 663.